The lowest BCUT2D eigenvalue weighted by Crippen LogP contribution is -2.69. The Labute approximate surface area is 266 Å². The number of hydrogen-bond acceptors (Lipinski definition) is 11. The molecule has 0 radical (unpaired) electrons. The van der Waals surface area contributed by atoms with Crippen molar-refractivity contribution in [3.63, 3.8) is 0 Å². The summed E-state index contributed by atoms with van der Waals surface area (Å²) in [6.45, 7) is 7.03. The summed E-state index contributed by atoms with van der Waals surface area (Å²) >= 11 is 0. The van der Waals surface area contributed by atoms with E-state index in [-0.39, 0.29) is 48.2 Å². The van der Waals surface area contributed by atoms with Gasteiger partial charge in [0.2, 0.25) is 11.8 Å². The molecule has 3 amide bonds. The molecule has 1 rings (SSSR count). The molecule has 0 saturated heterocycles. The number of aromatic hydroxyl groups is 1. The SMILES string of the molecule is CNCC(=O)N[C@@H](CCCN=C(N)N)C(=O)N[C@H](C(=O)N([N+](=O)[O-])[C@@](Cc1ccc(O)cc1)(C(=O)O)C(=O)OC(C)(C)C)C(C)C. The van der Waals surface area contributed by atoms with Crippen LogP contribution in [0, 0.1) is 16.0 Å². The van der Waals surface area contributed by atoms with Gasteiger partial charge < -0.3 is 42.4 Å². The summed E-state index contributed by atoms with van der Waals surface area (Å²) in [4.78, 5) is 82.8. The van der Waals surface area contributed by atoms with Crippen molar-refractivity contribution >= 4 is 35.6 Å². The van der Waals surface area contributed by atoms with Crippen molar-refractivity contribution in [3.8, 4) is 5.75 Å². The number of carboxylic acids is 1. The molecule has 0 fully saturated rings. The van der Waals surface area contributed by atoms with E-state index < -0.39 is 70.3 Å². The third-order valence-electron chi connectivity index (χ3n) is 6.39. The number of likely N-dealkylation sites (N-methyl/N-ethyl adjacent to an activating group) is 1. The molecule has 0 spiro atoms. The second kappa shape index (κ2) is 16.9. The highest BCUT2D eigenvalue weighted by Crippen LogP contribution is 2.29. The number of carbonyl (C=O) groups is 5. The number of guanidine groups is 1. The molecule has 0 aliphatic rings. The fourth-order valence-corrected chi connectivity index (χ4v) is 4.24. The van der Waals surface area contributed by atoms with E-state index in [1.807, 2.05) is 0 Å². The Bertz CT molecular complexity index is 1290. The molecule has 0 heterocycles. The van der Waals surface area contributed by atoms with Crippen LogP contribution in [0.2, 0.25) is 0 Å². The van der Waals surface area contributed by atoms with Crippen molar-refractivity contribution in [1.29, 1.82) is 0 Å². The van der Waals surface area contributed by atoms with E-state index in [2.05, 4.69) is 20.9 Å². The predicted octanol–water partition coefficient (Wildman–Crippen LogP) is -0.981. The Morgan fingerprint density at radius 3 is 2.13 bits per heavy atom. The van der Waals surface area contributed by atoms with Gasteiger partial charge in [-0.1, -0.05) is 26.0 Å². The van der Waals surface area contributed by atoms with E-state index in [1.165, 1.54) is 65.9 Å². The number of aliphatic imine (C=N–C) groups is 1. The van der Waals surface area contributed by atoms with Gasteiger partial charge in [0.1, 0.15) is 23.4 Å². The van der Waals surface area contributed by atoms with Crippen molar-refractivity contribution < 1.29 is 44.0 Å². The van der Waals surface area contributed by atoms with Crippen molar-refractivity contribution in [2.75, 3.05) is 20.1 Å². The van der Waals surface area contributed by atoms with Crippen LogP contribution in [0.25, 0.3) is 0 Å². The maximum Gasteiger partial charge on any atom is 0.351 e. The van der Waals surface area contributed by atoms with Crippen LogP contribution in [-0.2, 0) is 35.1 Å². The van der Waals surface area contributed by atoms with E-state index in [9.17, 15) is 44.3 Å². The Morgan fingerprint density at radius 2 is 1.67 bits per heavy atom. The minimum atomic E-state index is -3.26. The van der Waals surface area contributed by atoms with Gasteiger partial charge in [0, 0.05) is 13.0 Å². The molecule has 0 saturated carbocycles. The van der Waals surface area contributed by atoms with Crippen molar-refractivity contribution in [2.45, 2.75) is 77.1 Å². The van der Waals surface area contributed by atoms with Crippen LogP contribution < -0.4 is 27.4 Å². The van der Waals surface area contributed by atoms with Crippen LogP contribution in [-0.4, -0.2) is 99.2 Å². The van der Waals surface area contributed by atoms with Crippen LogP contribution in [0.4, 0.5) is 0 Å². The summed E-state index contributed by atoms with van der Waals surface area (Å²) in [5, 5.41) is 38.6. The number of ether oxygens (including phenoxy) is 1. The average Bonchev–Trinajstić information content (AvgIpc) is 2.92. The zero-order chi connectivity index (χ0) is 35.4. The number of nitrogens with one attached hydrogen (secondary N) is 3. The van der Waals surface area contributed by atoms with E-state index >= 15 is 0 Å². The van der Waals surface area contributed by atoms with Gasteiger partial charge in [-0.2, -0.15) is 0 Å². The number of phenolic OH excluding ortho intramolecular Hbond substituents is 1. The Morgan fingerprint density at radius 1 is 1.09 bits per heavy atom. The Hall–Kier alpha value is -5.00. The maximum absolute atomic E-state index is 14.0. The summed E-state index contributed by atoms with van der Waals surface area (Å²) in [5.41, 5.74) is 6.10. The topological polar surface area (TPSA) is 282 Å². The fourth-order valence-electron chi connectivity index (χ4n) is 4.24. The lowest BCUT2D eigenvalue weighted by Gasteiger charge is -2.35. The van der Waals surface area contributed by atoms with Crippen molar-refractivity contribution in [3.05, 3.63) is 39.9 Å². The van der Waals surface area contributed by atoms with Crippen LogP contribution in [0.5, 0.6) is 5.75 Å². The number of hydrogen-bond donors (Lipinski definition) is 7. The number of amides is 3. The van der Waals surface area contributed by atoms with Crippen molar-refractivity contribution in [2.24, 2.45) is 22.4 Å². The number of nitro groups is 1. The molecule has 1 aromatic rings. The van der Waals surface area contributed by atoms with Crippen LogP contribution in [0.15, 0.2) is 29.3 Å². The van der Waals surface area contributed by atoms with Crippen LogP contribution >= 0.6 is 0 Å². The van der Waals surface area contributed by atoms with Gasteiger partial charge in [0.05, 0.1) is 6.54 Å². The molecule has 18 heteroatoms. The van der Waals surface area contributed by atoms with Gasteiger partial charge in [-0.05, 0) is 69.3 Å². The standard InChI is InChI=1S/C28H44N8O10/c1-16(2)21(34-22(39)19(33-20(38)15-31-6)8-7-13-32-26(29)30)23(40)35(36(44)45)28(24(41)42,25(43)46-27(3,4)5)14-17-9-11-18(37)12-10-17/h9-12,16,19,21,31,37H,7-8,13-15H2,1-6H3,(H,33,38)(H,34,39)(H,41,42)(H4,29,30,32)/t19-,21-,28-/m0/s1. The van der Waals surface area contributed by atoms with Crippen LogP contribution in [0.3, 0.4) is 0 Å². The zero-order valence-corrected chi connectivity index (χ0v) is 26.7. The number of carboxylic acid groups (broad SMARTS) is 1. The molecule has 9 N–H and O–H groups in total. The summed E-state index contributed by atoms with van der Waals surface area (Å²) < 4.78 is 5.30. The lowest BCUT2D eigenvalue weighted by molar-refractivity contribution is -0.647. The number of aliphatic carboxylic acids is 1. The molecular weight excluding hydrogens is 608 g/mol. The number of nitrogens with two attached hydrogens (primary N) is 2. The second-order valence-corrected chi connectivity index (χ2v) is 11.7. The largest absolute Gasteiger partial charge is 0.508 e. The van der Waals surface area contributed by atoms with Gasteiger partial charge in [0.15, 0.2) is 11.0 Å². The minimum absolute atomic E-state index is 0.00610. The highest BCUT2D eigenvalue weighted by molar-refractivity contribution is 6.08. The number of carbonyl (C=O) groups excluding carboxylic acids is 4. The summed E-state index contributed by atoms with van der Waals surface area (Å²) in [6, 6.07) is 1.79. The molecule has 0 aliphatic carbocycles. The third kappa shape index (κ3) is 11.2. The quantitative estimate of drug-likeness (QED) is 0.0203. The Balaban J connectivity index is 3.69. The zero-order valence-electron chi connectivity index (χ0n) is 26.7. The summed E-state index contributed by atoms with van der Waals surface area (Å²) in [7, 11) is 1.50. The number of esters is 1. The maximum atomic E-state index is 14.0. The molecule has 1 aromatic carbocycles. The van der Waals surface area contributed by atoms with E-state index in [4.69, 9.17) is 16.2 Å². The van der Waals surface area contributed by atoms with E-state index in [0.29, 0.717) is 0 Å². The molecule has 0 aliphatic heterocycles. The van der Waals surface area contributed by atoms with Gasteiger partial charge >= 0.3 is 23.4 Å². The first-order valence-corrected chi connectivity index (χ1v) is 14.3. The number of hydrazine groups is 1. The first-order valence-electron chi connectivity index (χ1n) is 14.3. The normalized spacial score (nSPS) is 13.8. The molecule has 0 bridgehead atoms. The number of rotatable bonds is 17. The lowest BCUT2D eigenvalue weighted by atomic mass is 9.88. The van der Waals surface area contributed by atoms with Crippen molar-refractivity contribution in [1.82, 2.24) is 21.0 Å². The van der Waals surface area contributed by atoms with Gasteiger partial charge in [-0.25, -0.2) is 19.7 Å². The second-order valence-electron chi connectivity index (χ2n) is 11.7. The highest BCUT2D eigenvalue weighted by atomic mass is 16.7. The molecule has 46 heavy (non-hydrogen) atoms. The van der Waals surface area contributed by atoms with Gasteiger partial charge in [-0.15, -0.1) is 0 Å². The molecule has 256 valence electrons. The molecule has 18 nitrogen and oxygen atoms in total. The number of benzene rings is 1. The minimum Gasteiger partial charge on any atom is -0.508 e. The average molecular weight is 653 g/mol. The fraction of sp³-hybridized carbons (Fsp3) is 0.571. The van der Waals surface area contributed by atoms with E-state index in [1.54, 1.807) is 0 Å². The van der Waals surface area contributed by atoms with Gasteiger partial charge in [-0.3, -0.25) is 19.4 Å². The number of nitrogens with zero attached hydrogens (tertiary/aromatic N) is 3. The molecular formula is C28H44N8O10. The molecule has 3 atom stereocenters. The van der Waals surface area contributed by atoms with Crippen LogP contribution in [0.1, 0.15) is 53.0 Å². The van der Waals surface area contributed by atoms with Gasteiger partial charge in [0.25, 0.3) is 0 Å². The highest BCUT2D eigenvalue weighted by Gasteiger charge is 2.63. The Kier molecular flexibility index (Phi) is 14.3. The summed E-state index contributed by atoms with van der Waals surface area (Å²) in [6.07, 6.45) is -0.727. The third-order valence-corrected chi connectivity index (χ3v) is 6.39. The van der Waals surface area contributed by atoms with E-state index in [0.717, 1.165) is 0 Å². The monoisotopic (exact) mass is 652 g/mol. The first-order chi connectivity index (χ1) is 21.3. The molecule has 0 aromatic heterocycles. The smallest absolute Gasteiger partial charge is 0.351 e. The summed E-state index contributed by atoms with van der Waals surface area (Å²) in [5.74, 6) is -8.00. The number of phenols is 1. The molecule has 0 unspecified atom stereocenters. The predicted molar refractivity (Wildman–Crippen MR) is 164 cm³/mol. The first kappa shape index (κ1) is 39.0.